The summed E-state index contributed by atoms with van der Waals surface area (Å²) < 4.78 is 4.98. The third-order valence-corrected chi connectivity index (χ3v) is 3.50. The number of anilines is 3. The van der Waals surface area contributed by atoms with E-state index in [1.165, 1.54) is 0 Å². The Morgan fingerprint density at radius 1 is 1.33 bits per heavy atom. The predicted molar refractivity (Wildman–Crippen MR) is 81.3 cm³/mol. The van der Waals surface area contributed by atoms with Gasteiger partial charge in [-0.3, -0.25) is 0 Å². The molecule has 0 radical (unpaired) electrons. The third-order valence-electron chi connectivity index (χ3n) is 3.50. The van der Waals surface area contributed by atoms with E-state index in [0.29, 0.717) is 31.5 Å². The molecule has 0 spiro atoms. The van der Waals surface area contributed by atoms with Crippen LogP contribution in [0.4, 0.5) is 17.8 Å². The summed E-state index contributed by atoms with van der Waals surface area (Å²) in [5.74, 6) is 1.17. The van der Waals surface area contributed by atoms with Crippen LogP contribution in [0.3, 0.4) is 0 Å². The van der Waals surface area contributed by atoms with Crippen molar-refractivity contribution >= 4 is 17.8 Å². The fourth-order valence-corrected chi connectivity index (χ4v) is 2.20. The normalized spacial score (nSPS) is 17.8. The lowest BCUT2D eigenvalue weighted by atomic mass is 10.0. The Labute approximate surface area is 124 Å². The fourth-order valence-electron chi connectivity index (χ4n) is 2.20. The van der Waals surface area contributed by atoms with Crippen molar-refractivity contribution in [2.75, 3.05) is 49.3 Å². The van der Waals surface area contributed by atoms with Gasteiger partial charge in [-0.2, -0.15) is 15.0 Å². The molecule has 1 aliphatic rings. The molecule has 8 heteroatoms. The highest BCUT2D eigenvalue weighted by atomic mass is 16.5. The number of aliphatic hydroxyl groups is 1. The number of methoxy groups -OCH3 is 1. The Kier molecular flexibility index (Phi) is 5.13. The van der Waals surface area contributed by atoms with E-state index in [1.54, 1.807) is 14.0 Å². The van der Waals surface area contributed by atoms with Crippen LogP contribution in [-0.2, 0) is 4.74 Å². The zero-order valence-corrected chi connectivity index (χ0v) is 12.7. The van der Waals surface area contributed by atoms with Crippen LogP contribution in [0.25, 0.3) is 0 Å². The van der Waals surface area contributed by atoms with E-state index in [-0.39, 0.29) is 5.95 Å². The first-order chi connectivity index (χ1) is 10.00. The van der Waals surface area contributed by atoms with E-state index in [2.05, 4.69) is 25.2 Å². The number of nitrogens with zero attached hydrogens (tertiary/aromatic N) is 4. The molecular weight excluding hydrogens is 272 g/mol. The van der Waals surface area contributed by atoms with E-state index in [0.717, 1.165) is 25.9 Å². The molecule has 1 aromatic heterocycles. The summed E-state index contributed by atoms with van der Waals surface area (Å²) in [6, 6.07) is 0. The minimum Gasteiger partial charge on any atom is -0.388 e. The summed E-state index contributed by atoms with van der Waals surface area (Å²) in [5.41, 5.74) is 4.84. The molecule has 8 nitrogen and oxygen atoms in total. The summed E-state index contributed by atoms with van der Waals surface area (Å²) in [6.45, 7) is 4.43. The maximum Gasteiger partial charge on any atom is 0.231 e. The van der Waals surface area contributed by atoms with Gasteiger partial charge < -0.3 is 25.8 Å². The minimum absolute atomic E-state index is 0.186. The van der Waals surface area contributed by atoms with Gasteiger partial charge in [-0.25, -0.2) is 0 Å². The molecule has 2 heterocycles. The number of hydrogen-bond acceptors (Lipinski definition) is 8. The zero-order valence-electron chi connectivity index (χ0n) is 12.7. The van der Waals surface area contributed by atoms with Gasteiger partial charge in [0, 0.05) is 39.8 Å². The highest BCUT2D eigenvalue weighted by Gasteiger charge is 2.21. The van der Waals surface area contributed by atoms with Gasteiger partial charge in [0.1, 0.15) is 0 Å². The number of ether oxygens (including phenoxy) is 1. The highest BCUT2D eigenvalue weighted by Crippen LogP contribution is 2.18. The molecule has 0 aliphatic carbocycles. The molecule has 1 unspecified atom stereocenters. The lowest BCUT2D eigenvalue weighted by Crippen LogP contribution is -2.35. The molecule has 21 heavy (non-hydrogen) atoms. The number of aromatic nitrogens is 3. The molecule has 1 aromatic rings. The van der Waals surface area contributed by atoms with Gasteiger partial charge in [-0.05, 0) is 19.8 Å². The van der Waals surface area contributed by atoms with Crippen LogP contribution >= 0.6 is 0 Å². The Balaban J connectivity index is 1.99. The number of rotatable bonds is 7. The monoisotopic (exact) mass is 296 g/mol. The van der Waals surface area contributed by atoms with Gasteiger partial charge in [0.05, 0.1) is 5.60 Å². The first-order valence-corrected chi connectivity index (χ1v) is 7.22. The largest absolute Gasteiger partial charge is 0.388 e. The quantitative estimate of drug-likeness (QED) is 0.657. The summed E-state index contributed by atoms with van der Waals surface area (Å²) in [4.78, 5) is 14.7. The van der Waals surface area contributed by atoms with E-state index < -0.39 is 5.60 Å². The van der Waals surface area contributed by atoms with Gasteiger partial charge in [-0.15, -0.1) is 0 Å². The third kappa shape index (κ3) is 4.68. The van der Waals surface area contributed by atoms with E-state index in [4.69, 9.17) is 10.5 Å². The topological polar surface area (TPSA) is 109 Å². The first-order valence-electron chi connectivity index (χ1n) is 7.22. The van der Waals surface area contributed by atoms with Crippen LogP contribution in [0.15, 0.2) is 0 Å². The number of nitrogen functional groups attached to an aromatic ring is 1. The highest BCUT2D eigenvalue weighted by molar-refractivity contribution is 5.42. The fraction of sp³-hybridized carbons (Fsp3) is 0.769. The molecule has 0 bridgehead atoms. The average molecular weight is 296 g/mol. The lowest BCUT2D eigenvalue weighted by Gasteiger charge is -2.23. The summed E-state index contributed by atoms with van der Waals surface area (Å²) in [7, 11) is 1.61. The molecule has 2 rings (SSSR count). The minimum atomic E-state index is -0.898. The molecule has 4 N–H and O–H groups in total. The maximum absolute atomic E-state index is 10.2. The van der Waals surface area contributed by atoms with Crippen LogP contribution in [-0.4, -0.2) is 59.0 Å². The Hall–Kier alpha value is -1.67. The van der Waals surface area contributed by atoms with Gasteiger partial charge in [0.15, 0.2) is 0 Å². The predicted octanol–water partition coefficient (Wildman–Crippen LogP) is 0.253. The summed E-state index contributed by atoms with van der Waals surface area (Å²) >= 11 is 0. The van der Waals surface area contributed by atoms with Crippen molar-refractivity contribution in [3.05, 3.63) is 0 Å². The second-order valence-electron chi connectivity index (χ2n) is 5.60. The maximum atomic E-state index is 10.2. The molecular formula is C13H24N6O2. The van der Waals surface area contributed by atoms with Crippen molar-refractivity contribution in [2.24, 2.45) is 0 Å². The van der Waals surface area contributed by atoms with Crippen LogP contribution in [0.2, 0.25) is 0 Å². The molecule has 0 aromatic carbocycles. The van der Waals surface area contributed by atoms with Crippen molar-refractivity contribution in [1.82, 2.24) is 15.0 Å². The zero-order chi connectivity index (χ0) is 15.3. The van der Waals surface area contributed by atoms with Gasteiger partial charge >= 0.3 is 0 Å². The van der Waals surface area contributed by atoms with Crippen molar-refractivity contribution in [3.63, 3.8) is 0 Å². The standard InChI is InChI=1S/C13H24N6O2/c1-13(20,5-8-21-2)9-15-11-16-10(14)17-12(18-11)19-6-3-4-7-19/h20H,3-9H2,1-2H3,(H3,14,15,16,17,18). The smallest absolute Gasteiger partial charge is 0.231 e. The number of nitrogens with one attached hydrogen (secondary N) is 1. The van der Waals surface area contributed by atoms with Crippen LogP contribution in [0.1, 0.15) is 26.2 Å². The molecule has 1 fully saturated rings. The molecule has 1 saturated heterocycles. The second kappa shape index (κ2) is 6.86. The molecule has 0 amide bonds. The number of nitrogens with two attached hydrogens (primary N) is 1. The van der Waals surface area contributed by atoms with Gasteiger partial charge in [0.2, 0.25) is 17.8 Å². The summed E-state index contributed by atoms with van der Waals surface area (Å²) in [5, 5.41) is 13.2. The van der Waals surface area contributed by atoms with Crippen LogP contribution in [0.5, 0.6) is 0 Å². The van der Waals surface area contributed by atoms with Crippen LogP contribution < -0.4 is 16.0 Å². The Morgan fingerprint density at radius 2 is 2.05 bits per heavy atom. The molecule has 0 saturated carbocycles. The van der Waals surface area contributed by atoms with Gasteiger partial charge in [0.25, 0.3) is 0 Å². The van der Waals surface area contributed by atoms with Crippen molar-refractivity contribution in [1.29, 1.82) is 0 Å². The Morgan fingerprint density at radius 3 is 2.71 bits per heavy atom. The average Bonchev–Trinajstić information content (AvgIpc) is 2.97. The van der Waals surface area contributed by atoms with Crippen molar-refractivity contribution in [3.8, 4) is 0 Å². The summed E-state index contributed by atoms with van der Waals surface area (Å²) in [6.07, 6.45) is 2.80. The first kappa shape index (κ1) is 15.7. The number of hydrogen-bond donors (Lipinski definition) is 3. The second-order valence-corrected chi connectivity index (χ2v) is 5.60. The van der Waals surface area contributed by atoms with E-state index in [1.807, 2.05) is 0 Å². The van der Waals surface area contributed by atoms with Crippen molar-refractivity contribution in [2.45, 2.75) is 31.8 Å². The van der Waals surface area contributed by atoms with Crippen LogP contribution in [0, 0.1) is 0 Å². The molecule has 1 atom stereocenters. The molecule has 118 valence electrons. The van der Waals surface area contributed by atoms with Crippen molar-refractivity contribution < 1.29 is 9.84 Å². The lowest BCUT2D eigenvalue weighted by molar-refractivity contribution is 0.0356. The van der Waals surface area contributed by atoms with E-state index in [9.17, 15) is 5.11 Å². The molecule has 1 aliphatic heterocycles. The van der Waals surface area contributed by atoms with E-state index >= 15 is 0 Å². The Bertz CT molecular complexity index is 462. The SMILES string of the molecule is COCCC(C)(O)CNc1nc(N)nc(N2CCCC2)n1. The van der Waals surface area contributed by atoms with Gasteiger partial charge in [-0.1, -0.05) is 0 Å².